The van der Waals surface area contributed by atoms with Gasteiger partial charge in [-0.25, -0.2) is 0 Å². The minimum atomic E-state index is -0.839. The minimum Gasteiger partial charge on any atom is -0.388 e. The van der Waals surface area contributed by atoms with Crippen LogP contribution in [-0.2, 0) is 0 Å². The highest BCUT2D eigenvalue weighted by Crippen LogP contribution is 2.15. The van der Waals surface area contributed by atoms with Crippen LogP contribution in [0.3, 0.4) is 0 Å². The first-order valence-electron chi connectivity index (χ1n) is 5.87. The Hall–Kier alpha value is -1.36. The Kier molecular flexibility index (Phi) is 4.28. The number of carbonyl (C=O) groups excluding carboxylic acids is 1. The first-order chi connectivity index (χ1) is 7.93. The van der Waals surface area contributed by atoms with Crippen LogP contribution in [-0.4, -0.2) is 28.3 Å². The van der Waals surface area contributed by atoms with Crippen molar-refractivity contribution in [3.63, 3.8) is 0 Å². The molecule has 0 atom stereocenters. The van der Waals surface area contributed by atoms with E-state index < -0.39 is 5.60 Å². The zero-order chi connectivity index (χ0) is 13.1. The molecule has 1 heterocycles. The van der Waals surface area contributed by atoms with Gasteiger partial charge in [0, 0.05) is 6.54 Å². The summed E-state index contributed by atoms with van der Waals surface area (Å²) in [5, 5.41) is 16.5. The molecule has 17 heavy (non-hydrogen) atoms. The molecule has 0 aliphatic carbocycles. The molecule has 5 heteroatoms. The van der Waals surface area contributed by atoms with Gasteiger partial charge in [-0.1, -0.05) is 19.0 Å². The number of nitrogens with one attached hydrogen (secondary N) is 1. The van der Waals surface area contributed by atoms with Crippen LogP contribution in [0.1, 0.15) is 48.5 Å². The Morgan fingerprint density at radius 1 is 1.41 bits per heavy atom. The summed E-state index contributed by atoms with van der Waals surface area (Å²) in [6.45, 7) is 7.44. The van der Waals surface area contributed by atoms with Crippen molar-refractivity contribution in [2.24, 2.45) is 0 Å². The van der Waals surface area contributed by atoms with Gasteiger partial charge in [-0.2, -0.15) is 0 Å². The monoisotopic (exact) mass is 240 g/mol. The smallest absolute Gasteiger partial charge is 0.256 e. The molecule has 0 aliphatic rings. The second-order valence-corrected chi connectivity index (χ2v) is 4.31. The van der Waals surface area contributed by atoms with Crippen molar-refractivity contribution in [3.8, 4) is 0 Å². The second-order valence-electron chi connectivity index (χ2n) is 4.31. The van der Waals surface area contributed by atoms with E-state index in [0.29, 0.717) is 29.9 Å². The number of carbonyl (C=O) groups is 1. The van der Waals surface area contributed by atoms with Gasteiger partial charge in [-0.05, 0) is 26.7 Å². The molecule has 1 aromatic heterocycles. The van der Waals surface area contributed by atoms with Crippen LogP contribution in [0.4, 0.5) is 0 Å². The molecule has 0 aliphatic heterocycles. The van der Waals surface area contributed by atoms with Gasteiger partial charge in [0.25, 0.3) is 5.91 Å². The van der Waals surface area contributed by atoms with E-state index in [1.165, 1.54) is 0 Å². The van der Waals surface area contributed by atoms with E-state index in [-0.39, 0.29) is 12.5 Å². The van der Waals surface area contributed by atoms with E-state index >= 15 is 0 Å². The van der Waals surface area contributed by atoms with E-state index in [9.17, 15) is 9.90 Å². The summed E-state index contributed by atoms with van der Waals surface area (Å²) >= 11 is 0. The van der Waals surface area contributed by atoms with E-state index in [1.54, 1.807) is 13.8 Å². The Morgan fingerprint density at radius 3 is 2.41 bits per heavy atom. The lowest BCUT2D eigenvalue weighted by Crippen LogP contribution is -2.42. The van der Waals surface area contributed by atoms with Crippen molar-refractivity contribution in [3.05, 3.63) is 17.0 Å². The summed E-state index contributed by atoms with van der Waals surface area (Å²) in [6.07, 6.45) is 1.21. The maximum Gasteiger partial charge on any atom is 0.256 e. The van der Waals surface area contributed by atoms with Crippen LogP contribution < -0.4 is 5.32 Å². The third-order valence-electron chi connectivity index (χ3n) is 3.15. The van der Waals surface area contributed by atoms with E-state index in [2.05, 4.69) is 10.5 Å². The van der Waals surface area contributed by atoms with Gasteiger partial charge in [0.05, 0.1) is 11.3 Å². The number of amides is 1. The average Bonchev–Trinajstić information content (AvgIpc) is 2.66. The van der Waals surface area contributed by atoms with Crippen LogP contribution in [0, 0.1) is 13.8 Å². The number of hydrogen-bond acceptors (Lipinski definition) is 4. The first-order valence-corrected chi connectivity index (χ1v) is 5.87. The van der Waals surface area contributed by atoms with Gasteiger partial charge >= 0.3 is 0 Å². The maximum atomic E-state index is 11.9. The Bertz CT molecular complexity index is 375. The molecule has 0 spiro atoms. The molecule has 1 aromatic rings. The minimum absolute atomic E-state index is 0.239. The SMILES string of the molecule is CCC(O)(CC)CNC(=O)c1c(C)noc1C. The molecule has 0 fully saturated rings. The highest BCUT2D eigenvalue weighted by Gasteiger charge is 2.24. The Morgan fingerprint density at radius 2 is 2.00 bits per heavy atom. The van der Waals surface area contributed by atoms with Gasteiger partial charge in [-0.3, -0.25) is 4.79 Å². The van der Waals surface area contributed by atoms with Gasteiger partial charge in [0.1, 0.15) is 11.3 Å². The molecule has 2 N–H and O–H groups in total. The van der Waals surface area contributed by atoms with E-state index in [1.807, 2.05) is 13.8 Å². The van der Waals surface area contributed by atoms with Gasteiger partial charge in [0.15, 0.2) is 0 Å². The molecular weight excluding hydrogens is 220 g/mol. The van der Waals surface area contributed by atoms with Crippen molar-refractivity contribution in [2.45, 2.75) is 46.1 Å². The largest absolute Gasteiger partial charge is 0.388 e. The lowest BCUT2D eigenvalue weighted by molar-refractivity contribution is 0.0313. The zero-order valence-electron chi connectivity index (χ0n) is 10.8. The molecule has 0 aromatic carbocycles. The third-order valence-corrected chi connectivity index (χ3v) is 3.15. The summed E-state index contributed by atoms with van der Waals surface area (Å²) < 4.78 is 4.93. The topological polar surface area (TPSA) is 75.4 Å². The van der Waals surface area contributed by atoms with Crippen LogP contribution in [0.5, 0.6) is 0 Å². The molecule has 0 saturated heterocycles. The molecule has 0 bridgehead atoms. The number of nitrogens with zero attached hydrogens (tertiary/aromatic N) is 1. The summed E-state index contributed by atoms with van der Waals surface area (Å²) in [6, 6.07) is 0. The molecule has 96 valence electrons. The number of aryl methyl sites for hydroxylation is 2. The third kappa shape index (κ3) is 3.06. The average molecular weight is 240 g/mol. The second kappa shape index (κ2) is 5.31. The van der Waals surface area contributed by atoms with Gasteiger partial charge < -0.3 is 14.9 Å². The highest BCUT2D eigenvalue weighted by atomic mass is 16.5. The maximum absolute atomic E-state index is 11.9. The van der Waals surface area contributed by atoms with Crippen molar-refractivity contribution in [2.75, 3.05) is 6.54 Å². The number of hydrogen-bond donors (Lipinski definition) is 2. The fraction of sp³-hybridized carbons (Fsp3) is 0.667. The predicted octanol–water partition coefficient (Wildman–Crippen LogP) is 1.57. The van der Waals surface area contributed by atoms with E-state index in [0.717, 1.165) is 0 Å². The molecule has 0 radical (unpaired) electrons. The lowest BCUT2D eigenvalue weighted by atomic mass is 9.97. The molecule has 0 unspecified atom stereocenters. The van der Waals surface area contributed by atoms with Gasteiger partial charge in [0.2, 0.25) is 0 Å². The molecule has 1 rings (SSSR count). The lowest BCUT2D eigenvalue weighted by Gasteiger charge is -2.25. The summed E-state index contributed by atoms with van der Waals surface area (Å²) in [5.74, 6) is 0.248. The fourth-order valence-corrected chi connectivity index (χ4v) is 1.64. The Balaban J connectivity index is 2.68. The molecule has 5 nitrogen and oxygen atoms in total. The normalized spacial score (nSPS) is 11.6. The summed E-state index contributed by atoms with van der Waals surface area (Å²) in [7, 11) is 0. The zero-order valence-corrected chi connectivity index (χ0v) is 10.8. The van der Waals surface area contributed by atoms with Crippen molar-refractivity contribution in [1.29, 1.82) is 0 Å². The summed E-state index contributed by atoms with van der Waals surface area (Å²) in [5.41, 5.74) is 0.186. The van der Waals surface area contributed by atoms with Crippen LogP contribution in [0.25, 0.3) is 0 Å². The standard InChI is InChI=1S/C12H20N2O3/c1-5-12(16,6-2)7-13-11(15)10-8(3)14-17-9(10)4/h16H,5-7H2,1-4H3,(H,13,15). The molecule has 1 amide bonds. The van der Waals surface area contributed by atoms with Crippen molar-refractivity contribution < 1.29 is 14.4 Å². The number of aromatic nitrogens is 1. The number of rotatable bonds is 5. The highest BCUT2D eigenvalue weighted by molar-refractivity contribution is 5.96. The van der Waals surface area contributed by atoms with E-state index in [4.69, 9.17) is 4.52 Å². The van der Waals surface area contributed by atoms with Crippen LogP contribution >= 0.6 is 0 Å². The predicted molar refractivity (Wildman–Crippen MR) is 63.8 cm³/mol. The fourth-order valence-electron chi connectivity index (χ4n) is 1.64. The Labute approximate surface area is 101 Å². The van der Waals surface area contributed by atoms with Gasteiger partial charge in [-0.15, -0.1) is 0 Å². The number of aliphatic hydroxyl groups is 1. The molecule has 0 saturated carbocycles. The quantitative estimate of drug-likeness (QED) is 0.819. The first kappa shape index (κ1) is 13.7. The van der Waals surface area contributed by atoms with Crippen LogP contribution in [0.2, 0.25) is 0 Å². The summed E-state index contributed by atoms with van der Waals surface area (Å²) in [4.78, 5) is 11.9. The molecular formula is C12H20N2O3. The van der Waals surface area contributed by atoms with Crippen molar-refractivity contribution in [1.82, 2.24) is 10.5 Å². The van der Waals surface area contributed by atoms with Crippen molar-refractivity contribution >= 4 is 5.91 Å². The van der Waals surface area contributed by atoms with Crippen LogP contribution in [0.15, 0.2) is 4.52 Å².